The van der Waals surface area contributed by atoms with E-state index >= 15 is 0 Å². The summed E-state index contributed by atoms with van der Waals surface area (Å²) in [6.07, 6.45) is 4.93. The van der Waals surface area contributed by atoms with Crippen molar-refractivity contribution in [1.29, 1.82) is 0 Å². The van der Waals surface area contributed by atoms with Gasteiger partial charge in [-0.3, -0.25) is 4.98 Å². The van der Waals surface area contributed by atoms with Crippen LogP contribution in [0.4, 0.5) is 0 Å². The molecule has 2 heterocycles. The molecule has 7 heteroatoms. The maximum atomic E-state index is 13.0. The van der Waals surface area contributed by atoms with Crippen LogP contribution in [0, 0.1) is 0 Å². The number of aromatic nitrogens is 1. The van der Waals surface area contributed by atoms with E-state index in [1.54, 1.807) is 12.4 Å². The van der Waals surface area contributed by atoms with Gasteiger partial charge in [-0.1, -0.05) is 0 Å². The molecule has 3 rings (SSSR count). The molecular weight excluding hydrogens is 328 g/mol. The van der Waals surface area contributed by atoms with Crippen LogP contribution in [0.5, 0.6) is 0 Å². The standard InChI is InChI=1S/C17H18N2O4S/c1-23-17(20)14-4-6-15(7-5-14)24(21,22)19-12-2-3-16(19)13-8-10-18-11-9-13/h4-11,16H,2-3,12H2,1H3. The van der Waals surface area contributed by atoms with Gasteiger partial charge >= 0.3 is 5.97 Å². The van der Waals surface area contributed by atoms with Crippen molar-refractivity contribution in [3.05, 3.63) is 59.9 Å². The first-order valence-electron chi connectivity index (χ1n) is 7.64. The van der Waals surface area contributed by atoms with Crippen LogP contribution in [0.15, 0.2) is 53.7 Å². The number of esters is 1. The summed E-state index contributed by atoms with van der Waals surface area (Å²) in [4.78, 5) is 15.6. The van der Waals surface area contributed by atoms with Crippen LogP contribution < -0.4 is 0 Å². The number of methoxy groups -OCH3 is 1. The van der Waals surface area contributed by atoms with Crippen molar-refractivity contribution in [2.24, 2.45) is 0 Å². The first-order valence-corrected chi connectivity index (χ1v) is 9.08. The van der Waals surface area contributed by atoms with Crippen LogP contribution >= 0.6 is 0 Å². The first-order chi connectivity index (χ1) is 11.5. The second kappa shape index (κ2) is 6.70. The molecule has 1 unspecified atom stereocenters. The quantitative estimate of drug-likeness (QED) is 0.795. The zero-order valence-corrected chi connectivity index (χ0v) is 14.1. The van der Waals surface area contributed by atoms with Crippen molar-refractivity contribution < 1.29 is 17.9 Å². The Bertz CT molecular complexity index is 819. The Hall–Kier alpha value is -2.25. The average Bonchev–Trinajstić information content (AvgIpc) is 3.12. The van der Waals surface area contributed by atoms with Gasteiger partial charge in [-0.15, -0.1) is 0 Å². The molecule has 1 aromatic carbocycles. The van der Waals surface area contributed by atoms with Crippen LogP contribution in [0.1, 0.15) is 34.8 Å². The number of carbonyl (C=O) groups excluding carboxylic acids is 1. The predicted molar refractivity (Wildman–Crippen MR) is 87.9 cm³/mol. The molecule has 0 N–H and O–H groups in total. The van der Waals surface area contributed by atoms with Gasteiger partial charge < -0.3 is 4.74 Å². The molecule has 1 fully saturated rings. The van der Waals surface area contributed by atoms with Crippen LogP contribution in [0.2, 0.25) is 0 Å². The lowest BCUT2D eigenvalue weighted by Crippen LogP contribution is -2.30. The normalized spacial score (nSPS) is 18.5. The average molecular weight is 346 g/mol. The summed E-state index contributed by atoms with van der Waals surface area (Å²) in [5.41, 5.74) is 1.26. The Balaban J connectivity index is 1.91. The van der Waals surface area contributed by atoms with Gasteiger partial charge in [0.05, 0.1) is 23.6 Å². The van der Waals surface area contributed by atoms with E-state index in [-0.39, 0.29) is 10.9 Å². The smallest absolute Gasteiger partial charge is 0.337 e. The number of pyridine rings is 1. The van der Waals surface area contributed by atoms with Crippen molar-refractivity contribution in [3.8, 4) is 0 Å². The van der Waals surface area contributed by atoms with E-state index in [9.17, 15) is 13.2 Å². The maximum absolute atomic E-state index is 13.0. The third-order valence-electron chi connectivity index (χ3n) is 4.18. The molecule has 126 valence electrons. The lowest BCUT2D eigenvalue weighted by molar-refractivity contribution is 0.0600. The first kappa shape index (κ1) is 16.6. The van der Waals surface area contributed by atoms with E-state index in [0.29, 0.717) is 12.1 Å². The fourth-order valence-corrected chi connectivity index (χ4v) is 4.65. The lowest BCUT2D eigenvalue weighted by atomic mass is 10.1. The summed E-state index contributed by atoms with van der Waals surface area (Å²) in [6.45, 7) is 0.480. The fraction of sp³-hybridized carbons (Fsp3) is 0.294. The molecule has 0 amide bonds. The summed E-state index contributed by atoms with van der Waals surface area (Å²) in [7, 11) is -2.34. The zero-order chi connectivity index (χ0) is 17.2. The van der Waals surface area contributed by atoms with Gasteiger partial charge in [0.15, 0.2) is 0 Å². The van der Waals surface area contributed by atoms with Crippen molar-refractivity contribution in [2.45, 2.75) is 23.8 Å². The molecule has 0 spiro atoms. The van der Waals surface area contributed by atoms with Crippen molar-refractivity contribution >= 4 is 16.0 Å². The molecule has 1 aliphatic heterocycles. The zero-order valence-electron chi connectivity index (χ0n) is 13.3. The number of benzene rings is 1. The van der Waals surface area contributed by atoms with Crippen molar-refractivity contribution in [2.75, 3.05) is 13.7 Å². The number of carbonyl (C=O) groups is 1. The molecule has 0 aliphatic carbocycles. The summed E-state index contributed by atoms with van der Waals surface area (Å²) < 4.78 is 32.1. The Kier molecular flexibility index (Phi) is 4.64. The van der Waals surface area contributed by atoms with E-state index < -0.39 is 16.0 Å². The highest BCUT2D eigenvalue weighted by atomic mass is 32.2. The maximum Gasteiger partial charge on any atom is 0.337 e. The van der Waals surface area contributed by atoms with Crippen LogP contribution in [0.3, 0.4) is 0 Å². The van der Waals surface area contributed by atoms with Gasteiger partial charge in [0.25, 0.3) is 0 Å². The molecule has 0 bridgehead atoms. The van der Waals surface area contributed by atoms with Crippen LogP contribution in [0.25, 0.3) is 0 Å². The third-order valence-corrected chi connectivity index (χ3v) is 6.10. The lowest BCUT2D eigenvalue weighted by Gasteiger charge is -2.24. The molecule has 1 aromatic heterocycles. The van der Waals surface area contributed by atoms with E-state index in [0.717, 1.165) is 18.4 Å². The molecule has 1 atom stereocenters. The number of sulfonamides is 1. The largest absolute Gasteiger partial charge is 0.465 e. The number of rotatable bonds is 4. The fourth-order valence-electron chi connectivity index (χ4n) is 2.96. The van der Waals surface area contributed by atoms with Gasteiger partial charge in [0.2, 0.25) is 10.0 Å². The van der Waals surface area contributed by atoms with E-state index in [1.807, 2.05) is 12.1 Å². The molecule has 6 nitrogen and oxygen atoms in total. The van der Waals surface area contributed by atoms with Gasteiger partial charge in [0, 0.05) is 18.9 Å². The highest BCUT2D eigenvalue weighted by Gasteiger charge is 2.36. The van der Waals surface area contributed by atoms with Gasteiger partial charge in [-0.25, -0.2) is 13.2 Å². The second-order valence-corrected chi connectivity index (χ2v) is 7.46. The molecule has 0 radical (unpaired) electrons. The number of hydrogen-bond donors (Lipinski definition) is 0. The summed E-state index contributed by atoms with van der Waals surface area (Å²) in [5, 5.41) is 0. The van der Waals surface area contributed by atoms with E-state index in [4.69, 9.17) is 0 Å². The molecule has 1 saturated heterocycles. The minimum atomic E-state index is -3.62. The molecule has 0 saturated carbocycles. The molecule has 24 heavy (non-hydrogen) atoms. The third kappa shape index (κ3) is 3.05. The molecular formula is C17H18N2O4S. The monoisotopic (exact) mass is 346 g/mol. The topological polar surface area (TPSA) is 76.6 Å². The van der Waals surface area contributed by atoms with E-state index in [1.165, 1.54) is 35.7 Å². The number of nitrogens with zero attached hydrogens (tertiary/aromatic N) is 2. The Morgan fingerprint density at radius 1 is 1.17 bits per heavy atom. The van der Waals surface area contributed by atoms with Crippen molar-refractivity contribution in [3.63, 3.8) is 0 Å². The number of hydrogen-bond acceptors (Lipinski definition) is 5. The van der Waals surface area contributed by atoms with Crippen molar-refractivity contribution in [1.82, 2.24) is 9.29 Å². The predicted octanol–water partition coefficient (Wildman–Crippen LogP) is 2.39. The van der Waals surface area contributed by atoms with Gasteiger partial charge in [-0.05, 0) is 54.8 Å². The Morgan fingerprint density at radius 3 is 2.46 bits per heavy atom. The SMILES string of the molecule is COC(=O)c1ccc(S(=O)(=O)N2CCCC2c2ccncc2)cc1. The van der Waals surface area contributed by atoms with Gasteiger partial charge in [-0.2, -0.15) is 4.31 Å². The second-order valence-electron chi connectivity index (χ2n) is 5.57. The Morgan fingerprint density at radius 2 is 1.83 bits per heavy atom. The van der Waals surface area contributed by atoms with Crippen LogP contribution in [-0.2, 0) is 14.8 Å². The highest BCUT2D eigenvalue weighted by molar-refractivity contribution is 7.89. The van der Waals surface area contributed by atoms with E-state index in [2.05, 4.69) is 9.72 Å². The van der Waals surface area contributed by atoms with Gasteiger partial charge in [0.1, 0.15) is 0 Å². The summed E-state index contributed by atoms with van der Waals surface area (Å²) in [6, 6.07) is 9.34. The minimum absolute atomic E-state index is 0.177. The summed E-state index contributed by atoms with van der Waals surface area (Å²) >= 11 is 0. The molecule has 1 aliphatic rings. The highest BCUT2D eigenvalue weighted by Crippen LogP contribution is 2.36. The summed E-state index contributed by atoms with van der Waals surface area (Å²) in [5.74, 6) is -0.491. The van der Waals surface area contributed by atoms with Crippen LogP contribution in [-0.4, -0.2) is 37.3 Å². The minimum Gasteiger partial charge on any atom is -0.465 e. The molecule has 2 aromatic rings. The number of ether oxygens (including phenoxy) is 1. The Labute approximate surface area is 141 Å².